The maximum Gasteiger partial charge on any atom is 0.220 e. The van der Waals surface area contributed by atoms with Gasteiger partial charge in [0.05, 0.1) is 24.2 Å². The molecule has 0 saturated carbocycles. The zero-order valence-corrected chi connectivity index (χ0v) is 18.7. The molecule has 0 aliphatic carbocycles. The van der Waals surface area contributed by atoms with E-state index in [1.807, 2.05) is 55.5 Å². The number of hydrogen-bond acceptors (Lipinski definition) is 3. The van der Waals surface area contributed by atoms with Crippen LogP contribution in [-0.4, -0.2) is 22.8 Å². The van der Waals surface area contributed by atoms with E-state index in [2.05, 4.69) is 16.5 Å². The van der Waals surface area contributed by atoms with Gasteiger partial charge in [0.25, 0.3) is 0 Å². The topological polar surface area (TPSA) is 56.2 Å². The van der Waals surface area contributed by atoms with Gasteiger partial charge in [-0.1, -0.05) is 42.0 Å². The van der Waals surface area contributed by atoms with Crippen molar-refractivity contribution < 1.29 is 13.9 Å². The summed E-state index contributed by atoms with van der Waals surface area (Å²) in [5.74, 6) is 0.349. The third-order valence-corrected chi connectivity index (χ3v) is 5.41. The first kappa shape index (κ1) is 22.3. The number of carbonyl (C=O) groups excluding carboxylic acids is 1. The van der Waals surface area contributed by atoms with Gasteiger partial charge in [0.2, 0.25) is 5.91 Å². The molecule has 6 heteroatoms. The summed E-state index contributed by atoms with van der Waals surface area (Å²) in [7, 11) is 1.61. The molecule has 0 atom stereocenters. The summed E-state index contributed by atoms with van der Waals surface area (Å²) in [6, 6.07) is 23.9. The molecule has 0 bridgehead atoms. The van der Waals surface area contributed by atoms with Gasteiger partial charge in [-0.05, 0) is 55.0 Å². The quantitative estimate of drug-likeness (QED) is 0.405. The van der Waals surface area contributed by atoms with Crippen LogP contribution in [0.15, 0.2) is 78.9 Å². The summed E-state index contributed by atoms with van der Waals surface area (Å²) >= 11 is 0. The first-order chi connectivity index (χ1) is 16.0. The molecular formula is C27H26FN3O2. The third-order valence-electron chi connectivity index (χ3n) is 5.41. The predicted molar refractivity (Wildman–Crippen MR) is 127 cm³/mol. The van der Waals surface area contributed by atoms with Crippen molar-refractivity contribution >= 4 is 5.91 Å². The number of amides is 1. The lowest BCUT2D eigenvalue weighted by molar-refractivity contribution is -0.121. The highest BCUT2D eigenvalue weighted by Crippen LogP contribution is 2.27. The Labute approximate surface area is 192 Å². The molecule has 0 radical (unpaired) electrons. The molecule has 0 saturated heterocycles. The number of ether oxygens (including phenoxy) is 1. The van der Waals surface area contributed by atoms with Crippen LogP contribution in [0, 0.1) is 12.7 Å². The molecule has 4 rings (SSSR count). The highest BCUT2D eigenvalue weighted by Gasteiger charge is 2.16. The van der Waals surface area contributed by atoms with Crippen LogP contribution in [0.2, 0.25) is 0 Å². The molecule has 5 nitrogen and oxygen atoms in total. The number of hydrogen-bond donors (Lipinski definition) is 1. The first-order valence-corrected chi connectivity index (χ1v) is 10.8. The van der Waals surface area contributed by atoms with Crippen molar-refractivity contribution in [2.45, 2.75) is 26.3 Å². The molecule has 168 valence electrons. The fourth-order valence-electron chi connectivity index (χ4n) is 3.69. The normalized spacial score (nSPS) is 10.8. The highest BCUT2D eigenvalue weighted by atomic mass is 19.1. The van der Waals surface area contributed by atoms with Crippen molar-refractivity contribution in [3.8, 4) is 22.7 Å². The Morgan fingerprint density at radius 1 is 1.03 bits per heavy atom. The van der Waals surface area contributed by atoms with Crippen LogP contribution in [0.25, 0.3) is 16.9 Å². The maximum absolute atomic E-state index is 14.6. The summed E-state index contributed by atoms with van der Waals surface area (Å²) in [6.07, 6.45) is 0.742. The second-order valence-electron chi connectivity index (χ2n) is 7.88. The number of carbonyl (C=O) groups is 1. The molecule has 4 aromatic rings. The number of nitrogens with one attached hydrogen (secondary N) is 1. The van der Waals surface area contributed by atoms with E-state index in [4.69, 9.17) is 4.74 Å². The molecule has 33 heavy (non-hydrogen) atoms. The number of benzene rings is 3. The van der Waals surface area contributed by atoms with Crippen LogP contribution in [0.5, 0.6) is 5.75 Å². The van der Waals surface area contributed by atoms with E-state index in [1.165, 1.54) is 6.07 Å². The number of nitrogens with zero attached hydrogens (tertiary/aromatic N) is 2. The molecule has 1 aromatic heterocycles. The van der Waals surface area contributed by atoms with E-state index < -0.39 is 0 Å². The molecule has 0 fully saturated rings. The number of aromatic nitrogens is 2. The summed E-state index contributed by atoms with van der Waals surface area (Å²) in [5, 5.41) is 7.64. The minimum atomic E-state index is -0.324. The summed E-state index contributed by atoms with van der Waals surface area (Å²) in [5.41, 5.74) is 4.81. The average molecular weight is 444 g/mol. The summed E-state index contributed by atoms with van der Waals surface area (Å²) < 4.78 is 21.5. The monoisotopic (exact) mass is 443 g/mol. The van der Waals surface area contributed by atoms with Gasteiger partial charge in [0, 0.05) is 24.9 Å². The van der Waals surface area contributed by atoms with Crippen LogP contribution in [0.1, 0.15) is 23.2 Å². The molecule has 3 aromatic carbocycles. The van der Waals surface area contributed by atoms with Crippen LogP contribution in [0.3, 0.4) is 0 Å². The van der Waals surface area contributed by atoms with Gasteiger partial charge < -0.3 is 10.1 Å². The number of rotatable bonds is 8. The van der Waals surface area contributed by atoms with Crippen molar-refractivity contribution in [1.29, 1.82) is 0 Å². The summed E-state index contributed by atoms with van der Waals surface area (Å²) in [4.78, 5) is 12.4. The van der Waals surface area contributed by atoms with E-state index in [1.54, 1.807) is 30.0 Å². The molecule has 0 spiro atoms. The van der Waals surface area contributed by atoms with Crippen LogP contribution in [0.4, 0.5) is 4.39 Å². The first-order valence-electron chi connectivity index (χ1n) is 10.8. The Balaban J connectivity index is 1.52. The number of methoxy groups -OCH3 is 1. The van der Waals surface area contributed by atoms with Crippen molar-refractivity contribution in [3.63, 3.8) is 0 Å². The smallest absolute Gasteiger partial charge is 0.220 e. The Morgan fingerprint density at radius 3 is 2.55 bits per heavy atom. The predicted octanol–water partition coefficient (Wildman–Crippen LogP) is 5.24. The number of aryl methyl sites for hydroxylation is 2. The fourth-order valence-corrected chi connectivity index (χ4v) is 3.69. The van der Waals surface area contributed by atoms with Gasteiger partial charge in [-0.25, -0.2) is 9.07 Å². The highest BCUT2D eigenvalue weighted by molar-refractivity contribution is 5.76. The van der Waals surface area contributed by atoms with Crippen molar-refractivity contribution in [2.75, 3.05) is 7.11 Å². The SMILES string of the molecule is COc1ccc(-n2nc(CCC(=O)NCc3cccc(C)c3)cc2-c2ccccc2F)cc1. The molecule has 1 heterocycles. The summed E-state index contributed by atoms with van der Waals surface area (Å²) in [6.45, 7) is 2.51. The third kappa shape index (κ3) is 5.47. The van der Waals surface area contributed by atoms with Crippen molar-refractivity contribution in [3.05, 3.63) is 102 Å². The van der Waals surface area contributed by atoms with Gasteiger partial charge in [-0.15, -0.1) is 0 Å². The Kier molecular flexibility index (Phi) is 6.83. The fraction of sp³-hybridized carbons (Fsp3) is 0.185. The van der Waals surface area contributed by atoms with Gasteiger partial charge in [-0.2, -0.15) is 5.10 Å². The van der Waals surface area contributed by atoms with Crippen LogP contribution in [-0.2, 0) is 17.8 Å². The van der Waals surface area contributed by atoms with E-state index in [0.29, 0.717) is 30.6 Å². The van der Waals surface area contributed by atoms with Gasteiger partial charge in [0.15, 0.2) is 0 Å². The van der Waals surface area contributed by atoms with E-state index in [9.17, 15) is 9.18 Å². The average Bonchev–Trinajstić information content (AvgIpc) is 3.26. The Hall–Kier alpha value is -3.93. The van der Waals surface area contributed by atoms with Gasteiger partial charge in [-0.3, -0.25) is 4.79 Å². The van der Waals surface area contributed by atoms with Gasteiger partial charge >= 0.3 is 0 Å². The van der Waals surface area contributed by atoms with E-state index >= 15 is 0 Å². The largest absolute Gasteiger partial charge is 0.497 e. The second-order valence-corrected chi connectivity index (χ2v) is 7.88. The van der Waals surface area contributed by atoms with Crippen molar-refractivity contribution in [2.24, 2.45) is 0 Å². The Bertz CT molecular complexity index is 1250. The van der Waals surface area contributed by atoms with Crippen LogP contribution < -0.4 is 10.1 Å². The van der Waals surface area contributed by atoms with E-state index in [-0.39, 0.29) is 11.7 Å². The van der Waals surface area contributed by atoms with Crippen molar-refractivity contribution in [1.82, 2.24) is 15.1 Å². The van der Waals surface area contributed by atoms with Gasteiger partial charge in [0.1, 0.15) is 11.6 Å². The van der Waals surface area contributed by atoms with Crippen LogP contribution >= 0.6 is 0 Å². The van der Waals surface area contributed by atoms with E-state index in [0.717, 1.165) is 28.3 Å². The lowest BCUT2D eigenvalue weighted by Crippen LogP contribution is -2.23. The lowest BCUT2D eigenvalue weighted by atomic mass is 10.1. The number of halogens is 1. The Morgan fingerprint density at radius 2 is 1.82 bits per heavy atom. The maximum atomic E-state index is 14.6. The molecular weight excluding hydrogens is 417 g/mol. The molecule has 0 aliphatic rings. The zero-order valence-electron chi connectivity index (χ0n) is 18.7. The second kappa shape index (κ2) is 10.1. The minimum Gasteiger partial charge on any atom is -0.497 e. The molecule has 1 amide bonds. The molecule has 0 aliphatic heterocycles. The zero-order chi connectivity index (χ0) is 23.2. The minimum absolute atomic E-state index is 0.0528. The molecule has 1 N–H and O–H groups in total. The lowest BCUT2D eigenvalue weighted by Gasteiger charge is -2.09. The standard InChI is InChI=1S/C27H26FN3O2/c1-19-6-5-7-20(16-19)18-29-27(32)15-10-21-17-26(24-8-3-4-9-25(24)28)31(30-21)22-11-13-23(33-2)14-12-22/h3-9,11-14,16-17H,10,15,18H2,1-2H3,(H,29,32). The molecule has 0 unspecified atom stereocenters.